The van der Waals surface area contributed by atoms with Crippen LogP contribution in [-0.4, -0.2) is 61.5 Å². The molecular weight excluding hydrogens is 290 g/mol. The maximum absolute atomic E-state index is 12.8. The lowest BCUT2D eigenvalue weighted by atomic mass is 9.91. The zero-order valence-corrected chi connectivity index (χ0v) is 13.8. The third-order valence-electron chi connectivity index (χ3n) is 4.68. The Bertz CT molecular complexity index is 478. The van der Waals surface area contributed by atoms with Gasteiger partial charge < -0.3 is 10.6 Å². The number of carbonyl (C=O) groups excluding carboxylic acids is 1. The Balaban J connectivity index is 2.10. The van der Waals surface area contributed by atoms with E-state index in [0.29, 0.717) is 25.4 Å². The Kier molecular flexibility index (Phi) is 5.27. The van der Waals surface area contributed by atoms with Crippen molar-refractivity contribution < 1.29 is 13.2 Å². The van der Waals surface area contributed by atoms with Crippen molar-refractivity contribution in [1.82, 2.24) is 9.21 Å². The highest BCUT2D eigenvalue weighted by Crippen LogP contribution is 2.25. The monoisotopic (exact) mass is 317 g/mol. The van der Waals surface area contributed by atoms with Crippen molar-refractivity contribution in [3.05, 3.63) is 0 Å². The van der Waals surface area contributed by atoms with E-state index in [9.17, 15) is 13.2 Å². The number of amides is 1. The molecule has 0 aromatic carbocycles. The minimum absolute atomic E-state index is 0.0366. The molecule has 6 nitrogen and oxygen atoms in total. The molecule has 2 rings (SSSR count). The first-order valence-corrected chi connectivity index (χ1v) is 9.66. The van der Waals surface area contributed by atoms with Gasteiger partial charge in [-0.1, -0.05) is 6.42 Å². The Hall–Kier alpha value is -0.660. The fraction of sp³-hybridized carbons (Fsp3) is 0.929. The van der Waals surface area contributed by atoms with E-state index in [1.807, 2.05) is 11.8 Å². The van der Waals surface area contributed by atoms with E-state index in [2.05, 4.69) is 0 Å². The number of likely N-dealkylation sites (tertiary alicyclic amines) is 1. The summed E-state index contributed by atoms with van der Waals surface area (Å²) in [4.78, 5) is 14.6. The van der Waals surface area contributed by atoms with Crippen molar-refractivity contribution >= 4 is 15.9 Å². The van der Waals surface area contributed by atoms with Gasteiger partial charge in [0.2, 0.25) is 15.9 Å². The Morgan fingerprint density at radius 1 is 1.19 bits per heavy atom. The van der Waals surface area contributed by atoms with Gasteiger partial charge in [-0.15, -0.1) is 0 Å². The molecule has 0 bridgehead atoms. The fourth-order valence-corrected chi connectivity index (χ4v) is 4.52. The summed E-state index contributed by atoms with van der Waals surface area (Å²) in [5.74, 6) is 0.281. The van der Waals surface area contributed by atoms with Gasteiger partial charge in [-0.2, -0.15) is 4.31 Å². The largest absolute Gasteiger partial charge is 0.341 e. The molecule has 0 aliphatic carbocycles. The van der Waals surface area contributed by atoms with Crippen LogP contribution in [-0.2, 0) is 14.8 Å². The third kappa shape index (κ3) is 3.96. The standard InChI is InChI=1S/C14H27N3O3S/c1-11(15)12-6-5-8-16(10-12)14(18)13-7-3-4-9-17(13)21(2,19)20/h11-13H,3-10,15H2,1-2H3/t11-,12+,13-/m0/s1. The molecule has 2 heterocycles. The molecule has 122 valence electrons. The number of nitrogens with two attached hydrogens (primary N) is 1. The van der Waals surface area contributed by atoms with Crippen LogP contribution < -0.4 is 5.73 Å². The first kappa shape index (κ1) is 16.7. The van der Waals surface area contributed by atoms with E-state index in [1.165, 1.54) is 10.6 Å². The lowest BCUT2D eigenvalue weighted by Crippen LogP contribution is -2.55. The normalized spacial score (nSPS) is 30.1. The van der Waals surface area contributed by atoms with Gasteiger partial charge in [0.25, 0.3) is 0 Å². The number of carbonyl (C=O) groups is 1. The van der Waals surface area contributed by atoms with E-state index in [0.717, 1.165) is 32.2 Å². The van der Waals surface area contributed by atoms with Gasteiger partial charge in [0.05, 0.1) is 6.26 Å². The SMILES string of the molecule is C[C@H](N)[C@@H]1CCCN(C(=O)[C@@H]2CCCCN2S(C)(=O)=O)C1. The van der Waals surface area contributed by atoms with Gasteiger partial charge >= 0.3 is 0 Å². The molecule has 21 heavy (non-hydrogen) atoms. The highest BCUT2D eigenvalue weighted by atomic mass is 32.2. The van der Waals surface area contributed by atoms with Crippen molar-refractivity contribution in [2.45, 2.75) is 51.1 Å². The quantitative estimate of drug-likeness (QED) is 0.816. The van der Waals surface area contributed by atoms with Gasteiger partial charge in [-0.25, -0.2) is 8.42 Å². The highest BCUT2D eigenvalue weighted by Gasteiger charge is 2.38. The average Bonchev–Trinajstić information content (AvgIpc) is 2.45. The molecule has 2 aliphatic heterocycles. The smallest absolute Gasteiger partial charge is 0.241 e. The molecule has 0 saturated carbocycles. The molecule has 0 unspecified atom stereocenters. The van der Waals surface area contributed by atoms with Crippen LogP contribution in [0.2, 0.25) is 0 Å². The third-order valence-corrected chi connectivity index (χ3v) is 5.97. The molecule has 0 spiro atoms. The van der Waals surface area contributed by atoms with Crippen LogP contribution in [0.5, 0.6) is 0 Å². The topological polar surface area (TPSA) is 83.7 Å². The number of rotatable bonds is 3. The second kappa shape index (κ2) is 6.62. The zero-order valence-electron chi connectivity index (χ0n) is 13.0. The Morgan fingerprint density at radius 2 is 1.90 bits per heavy atom. The summed E-state index contributed by atoms with van der Waals surface area (Å²) in [6.45, 7) is 3.81. The fourth-order valence-electron chi connectivity index (χ4n) is 3.40. The summed E-state index contributed by atoms with van der Waals surface area (Å²) in [5, 5.41) is 0. The van der Waals surface area contributed by atoms with Crippen LogP contribution in [0, 0.1) is 5.92 Å². The lowest BCUT2D eigenvalue weighted by molar-refractivity contribution is -0.138. The van der Waals surface area contributed by atoms with Crippen LogP contribution in [0.4, 0.5) is 0 Å². The molecule has 2 aliphatic rings. The molecule has 0 aromatic rings. The molecule has 0 radical (unpaired) electrons. The van der Waals surface area contributed by atoms with Gasteiger partial charge in [0.1, 0.15) is 6.04 Å². The zero-order chi connectivity index (χ0) is 15.6. The minimum Gasteiger partial charge on any atom is -0.341 e. The predicted molar refractivity (Wildman–Crippen MR) is 82.1 cm³/mol. The molecular formula is C14H27N3O3S. The second-order valence-corrected chi connectivity index (χ2v) is 8.37. The Morgan fingerprint density at radius 3 is 2.52 bits per heavy atom. The summed E-state index contributed by atoms with van der Waals surface area (Å²) in [6, 6.07) is -0.446. The van der Waals surface area contributed by atoms with Crippen LogP contribution in [0.3, 0.4) is 0 Å². The predicted octanol–water partition coefficient (Wildman–Crippen LogP) is 0.386. The first-order valence-electron chi connectivity index (χ1n) is 7.82. The lowest BCUT2D eigenvalue weighted by Gasteiger charge is -2.40. The van der Waals surface area contributed by atoms with E-state index >= 15 is 0 Å². The average molecular weight is 317 g/mol. The summed E-state index contributed by atoms with van der Waals surface area (Å²) in [6.07, 6.45) is 5.56. The molecule has 0 aromatic heterocycles. The van der Waals surface area contributed by atoms with Gasteiger partial charge in [-0.3, -0.25) is 4.79 Å². The van der Waals surface area contributed by atoms with Gasteiger partial charge in [-0.05, 0) is 38.5 Å². The summed E-state index contributed by atoms with van der Waals surface area (Å²) in [5.41, 5.74) is 5.96. The van der Waals surface area contributed by atoms with E-state index in [1.54, 1.807) is 0 Å². The van der Waals surface area contributed by atoms with Crippen LogP contribution in [0.15, 0.2) is 0 Å². The first-order chi connectivity index (χ1) is 9.80. The number of sulfonamides is 1. The second-order valence-electron chi connectivity index (χ2n) is 6.43. The Labute approximate surface area is 127 Å². The molecule has 2 saturated heterocycles. The number of hydrogen-bond acceptors (Lipinski definition) is 4. The summed E-state index contributed by atoms with van der Waals surface area (Å²) in [7, 11) is -3.33. The van der Waals surface area contributed by atoms with Crippen molar-refractivity contribution in [1.29, 1.82) is 0 Å². The van der Waals surface area contributed by atoms with E-state index in [4.69, 9.17) is 5.73 Å². The molecule has 3 atom stereocenters. The van der Waals surface area contributed by atoms with Crippen molar-refractivity contribution in [2.75, 3.05) is 25.9 Å². The highest BCUT2D eigenvalue weighted by molar-refractivity contribution is 7.88. The maximum atomic E-state index is 12.8. The number of hydrogen-bond donors (Lipinski definition) is 1. The van der Waals surface area contributed by atoms with Crippen molar-refractivity contribution in [2.24, 2.45) is 11.7 Å². The molecule has 7 heteroatoms. The minimum atomic E-state index is -3.33. The van der Waals surface area contributed by atoms with Crippen LogP contribution in [0.25, 0.3) is 0 Å². The van der Waals surface area contributed by atoms with Gasteiger partial charge in [0.15, 0.2) is 0 Å². The molecule has 1 amide bonds. The maximum Gasteiger partial charge on any atom is 0.241 e. The molecule has 2 fully saturated rings. The van der Waals surface area contributed by atoms with Crippen molar-refractivity contribution in [3.63, 3.8) is 0 Å². The van der Waals surface area contributed by atoms with E-state index < -0.39 is 16.1 Å². The number of nitrogens with zero attached hydrogens (tertiary/aromatic N) is 2. The molecule has 2 N–H and O–H groups in total. The summed E-state index contributed by atoms with van der Waals surface area (Å²) >= 11 is 0. The number of piperidine rings is 2. The summed E-state index contributed by atoms with van der Waals surface area (Å²) < 4.78 is 25.2. The van der Waals surface area contributed by atoms with Crippen LogP contribution in [0.1, 0.15) is 39.0 Å². The van der Waals surface area contributed by atoms with Crippen molar-refractivity contribution in [3.8, 4) is 0 Å². The van der Waals surface area contributed by atoms with Gasteiger partial charge in [0, 0.05) is 25.7 Å². The van der Waals surface area contributed by atoms with Crippen LogP contribution >= 0.6 is 0 Å². The van der Waals surface area contributed by atoms with E-state index in [-0.39, 0.29) is 11.9 Å².